The van der Waals surface area contributed by atoms with Crippen molar-refractivity contribution in [2.45, 2.75) is 33.1 Å². The highest BCUT2D eigenvalue weighted by Gasteiger charge is 2.28. The van der Waals surface area contributed by atoms with E-state index in [-0.39, 0.29) is 22.8 Å². The third kappa shape index (κ3) is 4.79. The number of nitrogens with zero attached hydrogens (tertiary/aromatic N) is 1. The molecule has 0 bridgehead atoms. The number of rotatable bonds is 5. The first-order valence-corrected chi connectivity index (χ1v) is 11.7. The zero-order valence-electron chi connectivity index (χ0n) is 19.8. The van der Waals surface area contributed by atoms with Crippen molar-refractivity contribution in [1.29, 1.82) is 0 Å². The lowest BCUT2D eigenvalue weighted by Gasteiger charge is -2.18. The number of benzene rings is 2. The van der Waals surface area contributed by atoms with Crippen molar-refractivity contribution in [2.75, 3.05) is 12.4 Å². The molecule has 0 saturated carbocycles. The number of aryl methyl sites for hydroxylation is 1. The maximum atomic E-state index is 12.7. The third-order valence-electron chi connectivity index (χ3n) is 5.42. The van der Waals surface area contributed by atoms with Crippen LogP contribution in [-0.2, 0) is 14.9 Å². The molecule has 6 nitrogen and oxygen atoms in total. The summed E-state index contributed by atoms with van der Waals surface area (Å²) in [5, 5.41) is 3.33. The molecule has 0 aliphatic heterocycles. The molecule has 1 amide bonds. The van der Waals surface area contributed by atoms with Crippen molar-refractivity contribution >= 4 is 45.4 Å². The van der Waals surface area contributed by atoms with Crippen LogP contribution < -0.4 is 5.32 Å². The number of methoxy groups -OCH3 is 1. The number of para-hydroxylation sites is 1. The topological polar surface area (TPSA) is 81.4 Å². The minimum absolute atomic E-state index is 0.0607. The molecule has 0 atom stereocenters. The maximum Gasteiger partial charge on any atom is 0.342 e. The molecule has 0 aliphatic carbocycles. The van der Waals surface area contributed by atoms with Crippen molar-refractivity contribution < 1.29 is 18.7 Å². The van der Waals surface area contributed by atoms with Gasteiger partial charge in [0.2, 0.25) is 5.88 Å². The highest BCUT2D eigenvalue weighted by atomic mass is 32.1. The molecule has 2 aromatic heterocycles. The Morgan fingerprint density at radius 3 is 2.44 bits per heavy atom. The predicted octanol–water partition coefficient (Wildman–Crippen LogP) is 6.60. The average molecular weight is 475 g/mol. The number of nitrogens with one attached hydrogen (secondary N) is 1. The fourth-order valence-corrected chi connectivity index (χ4v) is 4.60. The Kier molecular flexibility index (Phi) is 6.39. The van der Waals surface area contributed by atoms with E-state index in [0.29, 0.717) is 16.3 Å². The summed E-state index contributed by atoms with van der Waals surface area (Å²) in [6.07, 6.45) is 3.17. The van der Waals surface area contributed by atoms with Gasteiger partial charge in [-0.3, -0.25) is 10.1 Å². The number of anilines is 1. The van der Waals surface area contributed by atoms with E-state index in [1.165, 1.54) is 30.1 Å². The van der Waals surface area contributed by atoms with Gasteiger partial charge in [0.1, 0.15) is 16.3 Å². The van der Waals surface area contributed by atoms with Crippen molar-refractivity contribution in [3.05, 3.63) is 77.1 Å². The second kappa shape index (κ2) is 9.27. The van der Waals surface area contributed by atoms with Crippen LogP contribution in [0.5, 0.6) is 0 Å². The molecule has 0 radical (unpaired) electrons. The van der Waals surface area contributed by atoms with E-state index in [2.05, 4.69) is 43.2 Å². The third-order valence-corrected chi connectivity index (χ3v) is 6.48. The zero-order chi connectivity index (χ0) is 24.5. The van der Waals surface area contributed by atoms with E-state index in [9.17, 15) is 9.59 Å². The largest absolute Gasteiger partial charge is 0.465 e. The van der Waals surface area contributed by atoms with Crippen molar-refractivity contribution in [3.8, 4) is 10.6 Å². The van der Waals surface area contributed by atoms with Crippen molar-refractivity contribution in [2.24, 2.45) is 0 Å². The summed E-state index contributed by atoms with van der Waals surface area (Å²) in [4.78, 5) is 29.9. The van der Waals surface area contributed by atoms with Crippen molar-refractivity contribution in [1.82, 2.24) is 4.98 Å². The van der Waals surface area contributed by atoms with E-state index in [1.54, 1.807) is 13.0 Å². The molecular weight excluding hydrogens is 448 g/mol. The summed E-state index contributed by atoms with van der Waals surface area (Å²) in [7, 11) is 1.31. The first kappa shape index (κ1) is 23.4. The maximum absolute atomic E-state index is 12.7. The number of fused-ring (bicyclic) bond motifs is 1. The molecule has 0 aliphatic rings. The van der Waals surface area contributed by atoms with Crippen LogP contribution in [0.4, 0.5) is 5.88 Å². The molecule has 2 heterocycles. The van der Waals surface area contributed by atoms with Crippen LogP contribution in [0.3, 0.4) is 0 Å². The minimum Gasteiger partial charge on any atom is -0.465 e. The number of aromatic nitrogens is 1. The van der Waals surface area contributed by atoms with Gasteiger partial charge in [0.25, 0.3) is 5.91 Å². The van der Waals surface area contributed by atoms with Crippen LogP contribution in [-0.4, -0.2) is 24.0 Å². The number of esters is 1. The quantitative estimate of drug-likeness (QED) is 0.260. The average Bonchev–Trinajstić information content (AvgIpc) is 3.37. The molecule has 174 valence electrons. The Labute approximate surface area is 202 Å². The Morgan fingerprint density at radius 2 is 1.79 bits per heavy atom. The highest BCUT2D eigenvalue weighted by Crippen LogP contribution is 2.40. The van der Waals surface area contributed by atoms with Gasteiger partial charge >= 0.3 is 5.97 Å². The van der Waals surface area contributed by atoms with Crippen LogP contribution in [0.1, 0.15) is 48.0 Å². The van der Waals surface area contributed by atoms with Gasteiger partial charge in [-0.05, 0) is 41.7 Å². The Balaban J connectivity index is 1.64. The van der Waals surface area contributed by atoms with E-state index >= 15 is 0 Å². The molecular formula is C27H26N2O4S. The number of carbonyl (C=O) groups excluding carboxylic acids is 2. The monoisotopic (exact) mass is 474 g/mol. The molecule has 4 aromatic rings. The van der Waals surface area contributed by atoms with Crippen LogP contribution in [0.25, 0.3) is 26.9 Å². The summed E-state index contributed by atoms with van der Waals surface area (Å²) in [5.74, 6) is -0.425. The van der Waals surface area contributed by atoms with E-state index < -0.39 is 5.97 Å². The normalized spacial score (nSPS) is 11.8. The Hall–Kier alpha value is -3.71. The molecule has 4 rings (SSSR count). The van der Waals surface area contributed by atoms with E-state index in [1.807, 2.05) is 36.4 Å². The van der Waals surface area contributed by atoms with Gasteiger partial charge in [-0.2, -0.15) is 0 Å². The molecule has 0 spiro atoms. The second-order valence-corrected chi connectivity index (χ2v) is 9.94. The SMILES string of the molecule is COC(=O)c1c(C)oc(NC(=O)/C=C/c2ccc(C(C)(C)C)cc2)c1-c1nc2ccccc2s1. The second-order valence-electron chi connectivity index (χ2n) is 8.91. The van der Waals surface area contributed by atoms with Gasteiger partial charge in [-0.15, -0.1) is 11.3 Å². The van der Waals surface area contributed by atoms with Gasteiger partial charge in [0.15, 0.2) is 0 Å². The number of hydrogen-bond donors (Lipinski definition) is 1. The summed E-state index contributed by atoms with van der Waals surface area (Å²) in [5.41, 5.74) is 3.65. The molecule has 0 fully saturated rings. The minimum atomic E-state index is -0.550. The van der Waals surface area contributed by atoms with Gasteiger partial charge < -0.3 is 9.15 Å². The van der Waals surface area contributed by atoms with Gasteiger partial charge in [-0.1, -0.05) is 57.2 Å². The molecule has 0 unspecified atom stereocenters. The lowest BCUT2D eigenvalue weighted by Crippen LogP contribution is -2.10. The van der Waals surface area contributed by atoms with E-state index in [4.69, 9.17) is 9.15 Å². The number of ether oxygens (including phenoxy) is 1. The molecule has 0 saturated heterocycles. The first-order chi connectivity index (χ1) is 16.2. The summed E-state index contributed by atoms with van der Waals surface area (Å²) < 4.78 is 11.7. The Bertz CT molecular complexity index is 1360. The van der Waals surface area contributed by atoms with Crippen LogP contribution in [0, 0.1) is 6.92 Å². The summed E-state index contributed by atoms with van der Waals surface area (Å²) >= 11 is 1.41. The summed E-state index contributed by atoms with van der Waals surface area (Å²) in [6.45, 7) is 8.12. The number of amides is 1. The number of carbonyl (C=O) groups is 2. The van der Waals surface area contributed by atoms with Gasteiger partial charge in [0, 0.05) is 6.08 Å². The molecule has 1 N–H and O–H groups in total. The number of furan rings is 1. The number of thiazole rings is 1. The smallest absolute Gasteiger partial charge is 0.342 e. The number of hydrogen-bond acceptors (Lipinski definition) is 6. The highest BCUT2D eigenvalue weighted by molar-refractivity contribution is 7.21. The van der Waals surface area contributed by atoms with Crippen LogP contribution >= 0.6 is 11.3 Å². The lowest BCUT2D eigenvalue weighted by molar-refractivity contribution is -0.111. The molecule has 7 heteroatoms. The van der Waals surface area contributed by atoms with Crippen LogP contribution in [0.2, 0.25) is 0 Å². The fraction of sp³-hybridized carbons (Fsp3) is 0.222. The van der Waals surface area contributed by atoms with E-state index in [0.717, 1.165) is 15.8 Å². The van der Waals surface area contributed by atoms with Crippen LogP contribution in [0.15, 0.2) is 59.0 Å². The molecule has 34 heavy (non-hydrogen) atoms. The standard InChI is InChI=1S/C27H26N2O4S/c1-16-22(26(31)32-5)23(25-28-19-8-6-7-9-20(19)34-25)24(33-16)29-21(30)15-12-17-10-13-18(14-11-17)27(2,3)4/h6-15H,1-5H3,(H,29,30)/b15-12+. The lowest BCUT2D eigenvalue weighted by atomic mass is 9.87. The predicted molar refractivity (Wildman–Crippen MR) is 136 cm³/mol. The van der Waals surface area contributed by atoms with Gasteiger partial charge in [0.05, 0.1) is 22.9 Å². The van der Waals surface area contributed by atoms with Gasteiger partial charge in [-0.25, -0.2) is 9.78 Å². The fourth-order valence-electron chi connectivity index (χ4n) is 3.58. The van der Waals surface area contributed by atoms with Crippen molar-refractivity contribution in [3.63, 3.8) is 0 Å². The Morgan fingerprint density at radius 1 is 1.09 bits per heavy atom. The molecule has 2 aromatic carbocycles. The summed E-state index contributed by atoms with van der Waals surface area (Å²) in [6, 6.07) is 15.7. The first-order valence-electron chi connectivity index (χ1n) is 10.8. The zero-order valence-corrected chi connectivity index (χ0v) is 20.6.